The molecule has 1 saturated carbocycles. The molecular weight excluding hydrogens is 246 g/mol. The van der Waals surface area contributed by atoms with Crippen LogP contribution in [0, 0.1) is 16.0 Å². The molecule has 1 amide bonds. The molecule has 1 fully saturated rings. The van der Waals surface area contributed by atoms with Crippen LogP contribution in [0.3, 0.4) is 0 Å². The highest BCUT2D eigenvalue weighted by Crippen LogP contribution is 2.42. The lowest BCUT2D eigenvalue weighted by molar-refractivity contribution is -0.384. The van der Waals surface area contributed by atoms with Crippen LogP contribution in [0.25, 0.3) is 0 Å². The second-order valence-corrected chi connectivity index (χ2v) is 5.47. The van der Waals surface area contributed by atoms with Crippen molar-refractivity contribution in [2.45, 2.75) is 32.2 Å². The zero-order chi connectivity index (χ0) is 14.2. The number of nitrogens with zero attached hydrogens (tertiary/aromatic N) is 1. The van der Waals surface area contributed by atoms with Crippen molar-refractivity contribution in [2.75, 3.05) is 5.32 Å². The molecule has 1 aromatic rings. The van der Waals surface area contributed by atoms with Crippen molar-refractivity contribution < 1.29 is 9.72 Å². The predicted molar refractivity (Wildman–Crippen MR) is 72.0 cm³/mol. The van der Waals surface area contributed by atoms with E-state index in [0.717, 1.165) is 12.8 Å². The van der Waals surface area contributed by atoms with Gasteiger partial charge in [-0.25, -0.2) is 0 Å². The third kappa shape index (κ3) is 2.83. The molecule has 0 heterocycles. The first-order chi connectivity index (χ1) is 8.81. The summed E-state index contributed by atoms with van der Waals surface area (Å²) < 4.78 is 0. The minimum absolute atomic E-state index is 0.0428. The maximum atomic E-state index is 11.2. The maximum absolute atomic E-state index is 11.2. The Bertz CT molecular complexity index is 536. The average Bonchev–Trinajstić information content (AvgIpc) is 3.11. The summed E-state index contributed by atoms with van der Waals surface area (Å²) in [4.78, 5) is 21.7. The summed E-state index contributed by atoms with van der Waals surface area (Å²) in [6.45, 7) is 4.01. The van der Waals surface area contributed by atoms with E-state index in [1.807, 2.05) is 13.8 Å². The highest BCUT2D eigenvalue weighted by Gasteiger charge is 2.38. The van der Waals surface area contributed by atoms with Gasteiger partial charge in [0.25, 0.3) is 5.69 Å². The van der Waals surface area contributed by atoms with Gasteiger partial charge in [-0.05, 0) is 44.7 Å². The lowest BCUT2D eigenvalue weighted by Gasteiger charge is -2.27. The fraction of sp³-hybridized carbons (Fsp3) is 0.462. The quantitative estimate of drug-likeness (QED) is 0.629. The molecule has 3 N–H and O–H groups in total. The summed E-state index contributed by atoms with van der Waals surface area (Å²) in [7, 11) is 0. The molecule has 1 aliphatic carbocycles. The van der Waals surface area contributed by atoms with Gasteiger partial charge in [-0.15, -0.1) is 0 Å². The minimum atomic E-state index is -0.595. The van der Waals surface area contributed by atoms with Crippen molar-refractivity contribution in [1.29, 1.82) is 0 Å². The third-order valence-electron chi connectivity index (χ3n) is 3.53. The molecular formula is C13H17N3O3. The smallest absolute Gasteiger partial charge is 0.292 e. The predicted octanol–water partition coefficient (Wildman–Crippen LogP) is 2.29. The second-order valence-electron chi connectivity index (χ2n) is 5.47. The van der Waals surface area contributed by atoms with Gasteiger partial charge in [0.2, 0.25) is 5.91 Å². The Labute approximate surface area is 111 Å². The van der Waals surface area contributed by atoms with Gasteiger partial charge in [0, 0.05) is 17.2 Å². The summed E-state index contributed by atoms with van der Waals surface area (Å²) in [6.07, 6.45) is 2.23. The second kappa shape index (κ2) is 4.53. The molecule has 2 rings (SSSR count). The van der Waals surface area contributed by atoms with E-state index >= 15 is 0 Å². The monoisotopic (exact) mass is 263 g/mol. The first-order valence-electron chi connectivity index (χ1n) is 6.17. The van der Waals surface area contributed by atoms with E-state index in [-0.39, 0.29) is 16.8 Å². The van der Waals surface area contributed by atoms with Gasteiger partial charge in [-0.3, -0.25) is 14.9 Å². The fourth-order valence-corrected chi connectivity index (χ4v) is 2.20. The molecule has 0 aliphatic heterocycles. The van der Waals surface area contributed by atoms with Crippen LogP contribution in [0.4, 0.5) is 11.4 Å². The molecule has 0 unspecified atom stereocenters. The Hall–Kier alpha value is -2.11. The van der Waals surface area contributed by atoms with Gasteiger partial charge in [0.15, 0.2) is 0 Å². The number of nitro groups is 1. The standard InChI is InChI=1S/C13H17N3O3/c1-13(2,9-4-5-9)15-10-7-8(12(14)17)3-6-11(10)16(18)19/h3,6-7,9,15H,4-5H2,1-2H3,(H2,14,17). The number of nitro benzene ring substituents is 1. The van der Waals surface area contributed by atoms with E-state index in [2.05, 4.69) is 5.32 Å². The molecule has 0 radical (unpaired) electrons. The van der Waals surface area contributed by atoms with Crippen molar-refractivity contribution in [2.24, 2.45) is 11.7 Å². The molecule has 0 saturated heterocycles. The summed E-state index contributed by atoms with van der Waals surface area (Å²) in [5.74, 6) is -0.0912. The fourth-order valence-electron chi connectivity index (χ4n) is 2.20. The van der Waals surface area contributed by atoms with E-state index in [0.29, 0.717) is 11.6 Å². The Morgan fingerprint density at radius 3 is 2.58 bits per heavy atom. The summed E-state index contributed by atoms with van der Waals surface area (Å²) in [6, 6.07) is 4.13. The van der Waals surface area contributed by atoms with Crippen LogP contribution in [-0.2, 0) is 0 Å². The zero-order valence-corrected chi connectivity index (χ0v) is 11.0. The summed E-state index contributed by atoms with van der Waals surface area (Å²) in [5.41, 5.74) is 5.54. The van der Waals surface area contributed by atoms with Crippen LogP contribution in [0.1, 0.15) is 37.0 Å². The van der Waals surface area contributed by atoms with E-state index in [9.17, 15) is 14.9 Å². The highest BCUT2D eigenvalue weighted by atomic mass is 16.6. The number of benzene rings is 1. The number of hydrogen-bond donors (Lipinski definition) is 2. The number of primary amides is 1. The number of hydrogen-bond acceptors (Lipinski definition) is 4. The molecule has 0 spiro atoms. The van der Waals surface area contributed by atoms with Crippen LogP contribution in [0.5, 0.6) is 0 Å². The Morgan fingerprint density at radius 1 is 1.47 bits per heavy atom. The molecule has 0 bridgehead atoms. The van der Waals surface area contributed by atoms with E-state index < -0.39 is 10.8 Å². The Balaban J connectivity index is 2.37. The van der Waals surface area contributed by atoms with Crippen molar-refractivity contribution in [1.82, 2.24) is 0 Å². The van der Waals surface area contributed by atoms with Crippen LogP contribution >= 0.6 is 0 Å². The Kier molecular flexibility index (Phi) is 3.18. The minimum Gasteiger partial charge on any atom is -0.374 e. The van der Waals surface area contributed by atoms with Gasteiger partial charge in [0.1, 0.15) is 5.69 Å². The maximum Gasteiger partial charge on any atom is 0.292 e. The third-order valence-corrected chi connectivity index (χ3v) is 3.53. The van der Waals surface area contributed by atoms with Gasteiger partial charge >= 0.3 is 0 Å². The van der Waals surface area contributed by atoms with E-state index in [4.69, 9.17) is 5.73 Å². The van der Waals surface area contributed by atoms with Gasteiger partial charge in [-0.2, -0.15) is 0 Å². The summed E-state index contributed by atoms with van der Waals surface area (Å²) in [5, 5.41) is 14.2. The number of rotatable bonds is 5. The van der Waals surface area contributed by atoms with Gasteiger partial charge < -0.3 is 11.1 Å². The number of nitrogens with one attached hydrogen (secondary N) is 1. The van der Waals surface area contributed by atoms with Crippen molar-refractivity contribution >= 4 is 17.3 Å². The topological polar surface area (TPSA) is 98.3 Å². The first-order valence-corrected chi connectivity index (χ1v) is 6.17. The highest BCUT2D eigenvalue weighted by molar-refractivity contribution is 5.94. The molecule has 6 nitrogen and oxygen atoms in total. The lowest BCUT2D eigenvalue weighted by Crippen LogP contribution is -2.33. The van der Waals surface area contributed by atoms with Crippen molar-refractivity contribution in [3.8, 4) is 0 Å². The molecule has 0 aromatic heterocycles. The average molecular weight is 263 g/mol. The normalized spacial score (nSPS) is 15.1. The molecule has 19 heavy (non-hydrogen) atoms. The molecule has 0 atom stereocenters. The van der Waals surface area contributed by atoms with E-state index in [1.54, 1.807) is 0 Å². The number of amides is 1. The largest absolute Gasteiger partial charge is 0.374 e. The number of carbonyl (C=O) groups excluding carboxylic acids is 1. The molecule has 1 aliphatic rings. The molecule has 6 heteroatoms. The van der Waals surface area contributed by atoms with Gasteiger partial charge in [0.05, 0.1) is 4.92 Å². The summed E-state index contributed by atoms with van der Waals surface area (Å²) >= 11 is 0. The number of anilines is 1. The van der Waals surface area contributed by atoms with Gasteiger partial charge in [-0.1, -0.05) is 0 Å². The number of nitrogens with two attached hydrogens (primary N) is 1. The van der Waals surface area contributed by atoms with Crippen LogP contribution in [0.2, 0.25) is 0 Å². The lowest BCUT2D eigenvalue weighted by atomic mass is 9.97. The molecule has 1 aromatic carbocycles. The zero-order valence-electron chi connectivity index (χ0n) is 11.0. The molecule has 102 valence electrons. The SMILES string of the molecule is CC(C)(Nc1cc(C(N)=O)ccc1[N+](=O)[O-])C1CC1. The van der Waals surface area contributed by atoms with Crippen LogP contribution in [0.15, 0.2) is 18.2 Å². The van der Waals surface area contributed by atoms with Crippen molar-refractivity contribution in [3.05, 3.63) is 33.9 Å². The Morgan fingerprint density at radius 2 is 2.11 bits per heavy atom. The van der Waals surface area contributed by atoms with Crippen molar-refractivity contribution in [3.63, 3.8) is 0 Å². The van der Waals surface area contributed by atoms with E-state index in [1.165, 1.54) is 18.2 Å². The van der Waals surface area contributed by atoms with Crippen LogP contribution in [-0.4, -0.2) is 16.4 Å². The van der Waals surface area contributed by atoms with Crippen LogP contribution < -0.4 is 11.1 Å². The number of carbonyl (C=O) groups is 1. The first kappa shape index (κ1) is 13.3.